The van der Waals surface area contributed by atoms with Gasteiger partial charge in [0.25, 0.3) is 0 Å². The largest absolute Gasteiger partial charge is 0.416 e. The molecule has 1 aliphatic heterocycles. The topological polar surface area (TPSA) is 41.9 Å². The molecule has 0 atom stereocenters. The Labute approximate surface area is 168 Å². The standard InChI is InChI=1S/C20H16BrF3N4/c21-18-3-1-2-16(26-18)12-28-9-8-17-14(11-28)10-25-19(27-17)13-4-6-15(7-5-13)20(22,23)24/h1-7,10H,8-9,11-12H2. The molecule has 4 rings (SSSR count). The van der Waals surface area contributed by atoms with Crippen molar-refractivity contribution in [2.24, 2.45) is 0 Å². The van der Waals surface area contributed by atoms with E-state index in [0.717, 1.165) is 59.7 Å². The molecule has 0 amide bonds. The van der Waals surface area contributed by atoms with E-state index in [2.05, 4.69) is 35.8 Å². The first-order valence-corrected chi connectivity index (χ1v) is 9.54. The lowest BCUT2D eigenvalue weighted by molar-refractivity contribution is -0.137. The summed E-state index contributed by atoms with van der Waals surface area (Å²) < 4.78 is 39.0. The van der Waals surface area contributed by atoms with Crippen LogP contribution in [0.1, 0.15) is 22.5 Å². The first-order chi connectivity index (χ1) is 13.4. The number of rotatable bonds is 3. The highest BCUT2D eigenvalue weighted by atomic mass is 79.9. The third-order valence-electron chi connectivity index (χ3n) is 4.64. The molecule has 0 aliphatic carbocycles. The zero-order valence-electron chi connectivity index (χ0n) is 14.7. The van der Waals surface area contributed by atoms with Gasteiger partial charge in [-0.25, -0.2) is 15.0 Å². The van der Waals surface area contributed by atoms with Crippen molar-refractivity contribution < 1.29 is 13.2 Å². The minimum Gasteiger partial charge on any atom is -0.293 e. The Morgan fingerprint density at radius 2 is 1.82 bits per heavy atom. The zero-order valence-corrected chi connectivity index (χ0v) is 16.3. The number of fused-ring (bicyclic) bond motifs is 1. The number of aromatic nitrogens is 3. The summed E-state index contributed by atoms with van der Waals surface area (Å²) in [7, 11) is 0. The van der Waals surface area contributed by atoms with Gasteiger partial charge in [-0.3, -0.25) is 4.90 Å². The molecule has 28 heavy (non-hydrogen) atoms. The van der Waals surface area contributed by atoms with Gasteiger partial charge in [0.15, 0.2) is 5.82 Å². The number of hydrogen-bond acceptors (Lipinski definition) is 4. The lowest BCUT2D eigenvalue weighted by Crippen LogP contribution is -2.31. The lowest BCUT2D eigenvalue weighted by Gasteiger charge is -2.27. The van der Waals surface area contributed by atoms with E-state index in [1.807, 2.05) is 18.2 Å². The highest BCUT2D eigenvalue weighted by Crippen LogP contribution is 2.30. The Morgan fingerprint density at radius 1 is 1.04 bits per heavy atom. The first-order valence-electron chi connectivity index (χ1n) is 8.75. The fourth-order valence-electron chi connectivity index (χ4n) is 3.22. The molecule has 144 valence electrons. The van der Waals surface area contributed by atoms with Gasteiger partial charge in [0.2, 0.25) is 0 Å². The number of halogens is 4. The third kappa shape index (κ3) is 4.23. The van der Waals surface area contributed by atoms with E-state index in [4.69, 9.17) is 0 Å². The molecule has 1 aromatic carbocycles. The molecule has 0 saturated heterocycles. The molecule has 3 heterocycles. The molecule has 2 aromatic heterocycles. The molecular weight excluding hydrogens is 433 g/mol. The van der Waals surface area contributed by atoms with E-state index < -0.39 is 11.7 Å². The molecule has 3 aromatic rings. The normalized spacial score (nSPS) is 14.7. The van der Waals surface area contributed by atoms with E-state index in [9.17, 15) is 13.2 Å². The van der Waals surface area contributed by atoms with Crippen LogP contribution in [-0.4, -0.2) is 26.4 Å². The van der Waals surface area contributed by atoms with Gasteiger partial charge < -0.3 is 0 Å². The molecule has 0 bridgehead atoms. The van der Waals surface area contributed by atoms with Gasteiger partial charge in [0.05, 0.1) is 17.0 Å². The van der Waals surface area contributed by atoms with Crippen LogP contribution >= 0.6 is 15.9 Å². The van der Waals surface area contributed by atoms with Gasteiger partial charge in [-0.2, -0.15) is 13.2 Å². The Kier molecular flexibility index (Phi) is 5.16. The van der Waals surface area contributed by atoms with Gasteiger partial charge in [0.1, 0.15) is 4.60 Å². The second kappa shape index (κ2) is 7.60. The van der Waals surface area contributed by atoms with Crippen molar-refractivity contribution in [1.29, 1.82) is 0 Å². The number of nitrogens with zero attached hydrogens (tertiary/aromatic N) is 4. The van der Waals surface area contributed by atoms with Crippen molar-refractivity contribution in [1.82, 2.24) is 19.9 Å². The maximum Gasteiger partial charge on any atom is 0.416 e. The zero-order chi connectivity index (χ0) is 19.7. The van der Waals surface area contributed by atoms with Crippen LogP contribution in [0, 0.1) is 0 Å². The predicted molar refractivity (Wildman–Crippen MR) is 102 cm³/mol. The Bertz CT molecular complexity index is 989. The average molecular weight is 449 g/mol. The molecule has 4 nitrogen and oxygen atoms in total. The SMILES string of the molecule is FC(F)(F)c1ccc(-c2ncc3c(n2)CCN(Cc2cccc(Br)n2)C3)cc1. The molecular formula is C20H16BrF3N4. The molecule has 0 spiro atoms. The second-order valence-electron chi connectivity index (χ2n) is 6.65. The highest BCUT2D eigenvalue weighted by Gasteiger charge is 2.30. The average Bonchev–Trinajstić information content (AvgIpc) is 2.67. The molecule has 0 N–H and O–H groups in total. The summed E-state index contributed by atoms with van der Waals surface area (Å²) in [6.45, 7) is 2.29. The van der Waals surface area contributed by atoms with Crippen LogP contribution in [0.4, 0.5) is 13.2 Å². The fraction of sp³-hybridized carbons (Fsp3) is 0.250. The van der Waals surface area contributed by atoms with Gasteiger partial charge in [-0.15, -0.1) is 0 Å². The highest BCUT2D eigenvalue weighted by molar-refractivity contribution is 9.10. The van der Waals surface area contributed by atoms with Crippen molar-refractivity contribution in [3.8, 4) is 11.4 Å². The van der Waals surface area contributed by atoms with Gasteiger partial charge in [-0.1, -0.05) is 18.2 Å². The summed E-state index contributed by atoms with van der Waals surface area (Å²) in [5, 5.41) is 0. The molecule has 8 heteroatoms. The maximum absolute atomic E-state index is 12.7. The fourth-order valence-corrected chi connectivity index (χ4v) is 3.60. The number of alkyl halides is 3. The maximum atomic E-state index is 12.7. The van der Waals surface area contributed by atoms with Crippen molar-refractivity contribution in [2.45, 2.75) is 25.7 Å². The number of hydrogen-bond donors (Lipinski definition) is 0. The van der Waals surface area contributed by atoms with Crippen molar-refractivity contribution in [3.63, 3.8) is 0 Å². The molecule has 0 unspecified atom stereocenters. The summed E-state index contributed by atoms with van der Waals surface area (Å²) in [4.78, 5) is 15.7. The second-order valence-corrected chi connectivity index (χ2v) is 7.47. The predicted octanol–water partition coefficient (Wildman–Crippen LogP) is 4.88. The van der Waals surface area contributed by atoms with E-state index in [1.54, 1.807) is 6.20 Å². The summed E-state index contributed by atoms with van der Waals surface area (Å²) in [6, 6.07) is 10.8. The van der Waals surface area contributed by atoms with E-state index in [-0.39, 0.29) is 0 Å². The van der Waals surface area contributed by atoms with Crippen LogP contribution in [-0.2, 0) is 25.7 Å². The Morgan fingerprint density at radius 3 is 2.54 bits per heavy atom. The Hall–Kier alpha value is -2.32. The quantitative estimate of drug-likeness (QED) is 0.535. The van der Waals surface area contributed by atoms with Crippen molar-refractivity contribution in [3.05, 3.63) is 75.8 Å². The minimum absolute atomic E-state index is 0.453. The summed E-state index contributed by atoms with van der Waals surface area (Å²) in [6.07, 6.45) is -1.81. The third-order valence-corrected chi connectivity index (χ3v) is 5.08. The molecule has 1 aliphatic rings. The molecule has 0 saturated carbocycles. The summed E-state index contributed by atoms with van der Waals surface area (Å²) in [5.41, 5.74) is 2.88. The van der Waals surface area contributed by atoms with Gasteiger partial charge in [-0.05, 0) is 40.2 Å². The van der Waals surface area contributed by atoms with Gasteiger partial charge in [0, 0.05) is 43.4 Å². The molecule has 0 fully saturated rings. The minimum atomic E-state index is -4.35. The number of pyridine rings is 1. The van der Waals surface area contributed by atoms with Crippen LogP contribution in [0.3, 0.4) is 0 Å². The molecule has 0 radical (unpaired) electrons. The number of benzene rings is 1. The van der Waals surface area contributed by atoms with E-state index in [0.29, 0.717) is 11.4 Å². The van der Waals surface area contributed by atoms with Crippen LogP contribution in [0.15, 0.2) is 53.3 Å². The van der Waals surface area contributed by atoms with Crippen molar-refractivity contribution >= 4 is 15.9 Å². The Balaban J connectivity index is 1.49. The van der Waals surface area contributed by atoms with E-state index >= 15 is 0 Å². The van der Waals surface area contributed by atoms with E-state index in [1.165, 1.54) is 12.1 Å². The van der Waals surface area contributed by atoms with Crippen molar-refractivity contribution in [2.75, 3.05) is 6.54 Å². The van der Waals surface area contributed by atoms with Crippen LogP contribution in [0.5, 0.6) is 0 Å². The first kappa shape index (κ1) is 19.0. The monoisotopic (exact) mass is 448 g/mol. The lowest BCUT2D eigenvalue weighted by atomic mass is 10.1. The van der Waals surface area contributed by atoms with Crippen LogP contribution in [0.25, 0.3) is 11.4 Å². The summed E-state index contributed by atoms with van der Waals surface area (Å²) in [5.74, 6) is 0.453. The summed E-state index contributed by atoms with van der Waals surface area (Å²) >= 11 is 3.39. The van der Waals surface area contributed by atoms with Gasteiger partial charge >= 0.3 is 6.18 Å². The van der Waals surface area contributed by atoms with Crippen LogP contribution < -0.4 is 0 Å². The van der Waals surface area contributed by atoms with Crippen LogP contribution in [0.2, 0.25) is 0 Å². The smallest absolute Gasteiger partial charge is 0.293 e.